The smallest absolute Gasteiger partial charge is 0.232 e. The number of nitrogen functional groups attached to an aromatic ring is 1. The number of methoxy groups -OCH3 is 1. The van der Waals surface area contributed by atoms with Crippen LogP contribution in [0.5, 0.6) is 0 Å². The first-order valence-corrected chi connectivity index (χ1v) is 10.9. The number of imidazole rings is 1. The maximum absolute atomic E-state index is 6.16. The molecule has 0 saturated carbocycles. The molecule has 2 aromatic carbocycles. The second-order valence-electron chi connectivity index (χ2n) is 6.80. The maximum Gasteiger partial charge on any atom is 0.232 e. The fourth-order valence-electron chi connectivity index (χ4n) is 3.08. The summed E-state index contributed by atoms with van der Waals surface area (Å²) in [5.74, 6) is 1.13. The number of aromatic nitrogens is 5. The first-order chi connectivity index (χ1) is 15.0. The Morgan fingerprint density at radius 2 is 1.94 bits per heavy atom. The molecular weight excluding hydrogens is 434 g/mol. The lowest BCUT2D eigenvalue weighted by molar-refractivity contribution is 0.186. The number of benzene rings is 2. The van der Waals surface area contributed by atoms with E-state index in [0.717, 1.165) is 21.9 Å². The van der Waals surface area contributed by atoms with Gasteiger partial charge >= 0.3 is 0 Å². The van der Waals surface area contributed by atoms with Crippen molar-refractivity contribution in [2.75, 3.05) is 24.8 Å². The van der Waals surface area contributed by atoms with Crippen LogP contribution in [-0.2, 0) is 11.3 Å². The van der Waals surface area contributed by atoms with Gasteiger partial charge in [0.15, 0.2) is 5.16 Å². The van der Waals surface area contributed by atoms with E-state index in [9.17, 15) is 0 Å². The van der Waals surface area contributed by atoms with Crippen molar-refractivity contribution < 1.29 is 4.74 Å². The summed E-state index contributed by atoms with van der Waals surface area (Å²) >= 11 is 7.71. The van der Waals surface area contributed by atoms with Crippen molar-refractivity contribution in [3.05, 3.63) is 59.4 Å². The highest BCUT2D eigenvalue weighted by atomic mass is 35.5. The third-order valence-corrected chi connectivity index (χ3v) is 5.86. The van der Waals surface area contributed by atoms with E-state index in [-0.39, 0.29) is 11.2 Å². The Labute approximate surface area is 189 Å². The molecule has 3 N–H and O–H groups in total. The lowest BCUT2D eigenvalue weighted by Gasteiger charge is -2.13. The molecule has 8 nitrogen and oxygen atoms in total. The number of rotatable bonds is 8. The summed E-state index contributed by atoms with van der Waals surface area (Å²) in [6.07, 6.45) is 0. The van der Waals surface area contributed by atoms with Gasteiger partial charge in [0.05, 0.1) is 22.9 Å². The van der Waals surface area contributed by atoms with Gasteiger partial charge in [-0.05, 0) is 37.3 Å². The third kappa shape index (κ3) is 5.07. The van der Waals surface area contributed by atoms with E-state index in [2.05, 4.69) is 24.8 Å². The van der Waals surface area contributed by atoms with Gasteiger partial charge in [0.25, 0.3) is 0 Å². The van der Waals surface area contributed by atoms with Crippen LogP contribution in [0.15, 0.2) is 53.7 Å². The van der Waals surface area contributed by atoms with E-state index >= 15 is 0 Å². The quantitative estimate of drug-likeness (QED) is 0.368. The highest BCUT2D eigenvalue weighted by Crippen LogP contribution is 2.35. The summed E-state index contributed by atoms with van der Waals surface area (Å²) in [7, 11) is 1.68. The zero-order valence-corrected chi connectivity index (χ0v) is 18.7. The minimum Gasteiger partial charge on any atom is -0.383 e. The molecule has 2 aromatic heterocycles. The van der Waals surface area contributed by atoms with Gasteiger partial charge in [-0.2, -0.15) is 15.0 Å². The third-order valence-electron chi connectivity index (χ3n) is 4.54. The summed E-state index contributed by atoms with van der Waals surface area (Å²) in [5.41, 5.74) is 8.66. The monoisotopic (exact) mass is 455 g/mol. The molecule has 160 valence electrons. The van der Waals surface area contributed by atoms with Crippen molar-refractivity contribution in [1.29, 1.82) is 0 Å². The molecule has 0 aliphatic heterocycles. The molecule has 0 bridgehead atoms. The van der Waals surface area contributed by atoms with E-state index in [1.807, 2.05) is 55.5 Å². The van der Waals surface area contributed by atoms with Crippen LogP contribution in [-0.4, -0.2) is 38.2 Å². The first-order valence-electron chi connectivity index (χ1n) is 9.68. The van der Waals surface area contributed by atoms with Gasteiger partial charge in [-0.1, -0.05) is 41.6 Å². The number of anilines is 3. The topological polar surface area (TPSA) is 104 Å². The molecule has 0 saturated heterocycles. The van der Waals surface area contributed by atoms with Crippen molar-refractivity contribution >= 4 is 52.0 Å². The number of ether oxygens (including phenoxy) is 1. The lowest BCUT2D eigenvalue weighted by atomic mass is 10.3. The molecule has 10 heteroatoms. The standard InChI is InChI=1S/C21H22ClN7OS/c1-13(18-26-19(23)28-20(27-18)24-15-6-4-3-5-7-15)31-21-25-16-12-14(22)8-9-17(16)29(21)10-11-30-2/h3-9,12-13H,10-11H2,1-2H3,(H3,23,24,26,27,28). The molecule has 4 aromatic rings. The van der Waals surface area contributed by atoms with Crippen LogP contribution < -0.4 is 11.1 Å². The number of hydrogen-bond donors (Lipinski definition) is 2. The Hall–Kier alpha value is -2.88. The van der Waals surface area contributed by atoms with Gasteiger partial charge in [0, 0.05) is 24.4 Å². The lowest BCUT2D eigenvalue weighted by Crippen LogP contribution is -2.09. The van der Waals surface area contributed by atoms with Crippen molar-refractivity contribution in [1.82, 2.24) is 24.5 Å². The molecule has 0 aliphatic carbocycles. The minimum absolute atomic E-state index is 0.116. The van der Waals surface area contributed by atoms with Crippen LogP contribution >= 0.6 is 23.4 Å². The Kier molecular flexibility index (Phi) is 6.55. The predicted octanol–water partition coefficient (Wildman–Crippen LogP) is 4.70. The summed E-state index contributed by atoms with van der Waals surface area (Å²) in [4.78, 5) is 17.9. The predicted molar refractivity (Wildman–Crippen MR) is 125 cm³/mol. The molecule has 2 heterocycles. The normalized spacial score (nSPS) is 12.2. The SMILES string of the molecule is COCCn1c(SC(C)c2nc(N)nc(Nc3ccccc3)n2)nc2cc(Cl)ccc21. The first kappa shape index (κ1) is 21.4. The van der Waals surface area contributed by atoms with Crippen molar-refractivity contribution in [3.63, 3.8) is 0 Å². The van der Waals surface area contributed by atoms with Crippen LogP contribution in [0, 0.1) is 0 Å². The molecule has 1 atom stereocenters. The van der Waals surface area contributed by atoms with E-state index in [0.29, 0.717) is 29.9 Å². The Bertz CT molecular complexity index is 1190. The summed E-state index contributed by atoms with van der Waals surface area (Å²) in [6.45, 7) is 3.25. The van der Waals surface area contributed by atoms with Crippen LogP contribution in [0.1, 0.15) is 18.0 Å². The molecule has 0 amide bonds. The van der Waals surface area contributed by atoms with Gasteiger partial charge in [-0.25, -0.2) is 4.98 Å². The number of thioether (sulfide) groups is 1. The number of nitrogens with one attached hydrogen (secondary N) is 1. The van der Waals surface area contributed by atoms with E-state index in [1.165, 1.54) is 0 Å². The molecule has 0 aliphatic rings. The van der Waals surface area contributed by atoms with E-state index < -0.39 is 0 Å². The Morgan fingerprint density at radius 3 is 2.71 bits per heavy atom. The zero-order valence-electron chi connectivity index (χ0n) is 17.1. The fraction of sp³-hybridized carbons (Fsp3) is 0.238. The Balaban J connectivity index is 1.62. The molecule has 0 spiro atoms. The number of fused-ring (bicyclic) bond motifs is 1. The summed E-state index contributed by atoms with van der Waals surface area (Å²) in [6, 6.07) is 15.4. The number of nitrogens with two attached hydrogens (primary N) is 1. The van der Waals surface area contributed by atoms with Gasteiger partial charge in [-0.15, -0.1) is 0 Å². The van der Waals surface area contributed by atoms with Gasteiger partial charge in [0.2, 0.25) is 11.9 Å². The number of halogens is 1. The molecule has 0 fully saturated rings. The molecule has 4 rings (SSSR count). The molecule has 31 heavy (non-hydrogen) atoms. The molecular formula is C21H22ClN7OS. The second kappa shape index (κ2) is 9.51. The highest BCUT2D eigenvalue weighted by molar-refractivity contribution is 7.99. The number of para-hydroxylation sites is 1. The average molecular weight is 456 g/mol. The fourth-order valence-corrected chi connectivity index (χ4v) is 4.24. The molecule has 0 radical (unpaired) electrons. The largest absolute Gasteiger partial charge is 0.383 e. The van der Waals surface area contributed by atoms with Crippen LogP contribution in [0.25, 0.3) is 11.0 Å². The van der Waals surface area contributed by atoms with Crippen LogP contribution in [0.2, 0.25) is 5.02 Å². The average Bonchev–Trinajstić information content (AvgIpc) is 3.08. The number of nitrogens with zero attached hydrogens (tertiary/aromatic N) is 5. The summed E-state index contributed by atoms with van der Waals surface area (Å²) < 4.78 is 7.39. The van der Waals surface area contributed by atoms with E-state index in [1.54, 1.807) is 18.9 Å². The number of hydrogen-bond acceptors (Lipinski definition) is 8. The maximum atomic E-state index is 6.16. The van der Waals surface area contributed by atoms with Crippen molar-refractivity contribution in [2.45, 2.75) is 23.9 Å². The van der Waals surface area contributed by atoms with E-state index in [4.69, 9.17) is 27.1 Å². The van der Waals surface area contributed by atoms with Crippen molar-refractivity contribution in [2.24, 2.45) is 0 Å². The highest BCUT2D eigenvalue weighted by Gasteiger charge is 2.19. The zero-order chi connectivity index (χ0) is 21.8. The summed E-state index contributed by atoms with van der Waals surface area (Å²) in [5, 5.41) is 4.53. The van der Waals surface area contributed by atoms with Crippen LogP contribution in [0.4, 0.5) is 17.6 Å². The molecule has 1 unspecified atom stereocenters. The Morgan fingerprint density at radius 1 is 1.13 bits per heavy atom. The van der Waals surface area contributed by atoms with Gasteiger partial charge in [0.1, 0.15) is 5.82 Å². The van der Waals surface area contributed by atoms with Gasteiger partial charge < -0.3 is 20.4 Å². The van der Waals surface area contributed by atoms with Crippen molar-refractivity contribution in [3.8, 4) is 0 Å². The van der Waals surface area contributed by atoms with Crippen LogP contribution in [0.3, 0.4) is 0 Å². The van der Waals surface area contributed by atoms with Gasteiger partial charge in [-0.3, -0.25) is 0 Å². The minimum atomic E-state index is -0.116. The second-order valence-corrected chi connectivity index (χ2v) is 8.54.